The standard InChI is InChI=1S/C18H27N3O4S/c1-3-9-21(11-17(22)19-15-8-10-26(24,25)13-15)12-18(23)20-16-7-5-4-6-14(16)2/h4-7,15H,3,8-13H2,1-2H3,(H,19,22)(H,20,23)/p+1/t15-/m1/s1. The van der Waals surface area contributed by atoms with Crippen LogP contribution in [0.1, 0.15) is 25.3 Å². The van der Waals surface area contributed by atoms with E-state index in [0.29, 0.717) is 13.0 Å². The highest BCUT2D eigenvalue weighted by Crippen LogP contribution is 2.12. The molecule has 0 aliphatic carbocycles. The second kappa shape index (κ2) is 9.14. The predicted octanol–water partition coefficient (Wildman–Crippen LogP) is -0.468. The Morgan fingerprint density at radius 3 is 2.50 bits per heavy atom. The molecule has 144 valence electrons. The van der Waals surface area contributed by atoms with Gasteiger partial charge in [0.05, 0.1) is 18.1 Å². The molecule has 1 saturated heterocycles. The zero-order valence-corrected chi connectivity index (χ0v) is 16.2. The minimum atomic E-state index is -3.02. The first-order valence-corrected chi connectivity index (χ1v) is 10.8. The fourth-order valence-electron chi connectivity index (χ4n) is 3.14. The molecule has 0 radical (unpaired) electrons. The van der Waals surface area contributed by atoms with Crippen LogP contribution in [0.15, 0.2) is 24.3 Å². The lowest BCUT2D eigenvalue weighted by molar-refractivity contribution is -0.883. The van der Waals surface area contributed by atoms with Crippen molar-refractivity contribution in [3.63, 3.8) is 0 Å². The number of rotatable bonds is 8. The molecule has 0 spiro atoms. The lowest BCUT2D eigenvalue weighted by atomic mass is 10.2. The van der Waals surface area contributed by atoms with Gasteiger partial charge in [-0.1, -0.05) is 25.1 Å². The molecular weight excluding hydrogens is 354 g/mol. The van der Waals surface area contributed by atoms with Crippen molar-refractivity contribution in [3.8, 4) is 0 Å². The monoisotopic (exact) mass is 382 g/mol. The molecule has 0 bridgehead atoms. The number of carbonyl (C=O) groups is 2. The molecule has 26 heavy (non-hydrogen) atoms. The number of benzene rings is 1. The van der Waals surface area contributed by atoms with E-state index in [0.717, 1.165) is 22.6 Å². The SMILES string of the molecule is CCC[NH+](CC(=O)Nc1ccccc1C)CC(=O)N[C@@H]1CCS(=O)(=O)C1. The lowest BCUT2D eigenvalue weighted by Crippen LogP contribution is -3.14. The number of aryl methyl sites for hydroxylation is 1. The number of nitrogens with one attached hydrogen (secondary N) is 3. The molecule has 1 aromatic carbocycles. The summed E-state index contributed by atoms with van der Waals surface area (Å²) in [6.07, 6.45) is 1.31. The third kappa shape index (κ3) is 6.42. The van der Waals surface area contributed by atoms with E-state index >= 15 is 0 Å². The molecule has 0 aromatic heterocycles. The van der Waals surface area contributed by atoms with Crippen LogP contribution in [-0.2, 0) is 19.4 Å². The van der Waals surface area contributed by atoms with Crippen molar-refractivity contribution in [1.82, 2.24) is 5.32 Å². The van der Waals surface area contributed by atoms with Crippen LogP contribution in [0.4, 0.5) is 5.69 Å². The molecule has 3 N–H and O–H groups in total. The summed E-state index contributed by atoms with van der Waals surface area (Å²) in [5, 5.41) is 5.67. The average Bonchev–Trinajstić information content (AvgIpc) is 2.88. The van der Waals surface area contributed by atoms with Gasteiger partial charge in [0, 0.05) is 11.7 Å². The van der Waals surface area contributed by atoms with Crippen LogP contribution in [0, 0.1) is 6.92 Å². The first-order chi connectivity index (χ1) is 12.3. The summed E-state index contributed by atoms with van der Waals surface area (Å²) in [7, 11) is -3.02. The maximum Gasteiger partial charge on any atom is 0.279 e. The first-order valence-electron chi connectivity index (χ1n) is 8.98. The van der Waals surface area contributed by atoms with E-state index in [9.17, 15) is 18.0 Å². The Bertz CT molecular complexity index is 749. The number of quaternary nitrogens is 1. The van der Waals surface area contributed by atoms with Gasteiger partial charge in [0.15, 0.2) is 22.9 Å². The second-order valence-electron chi connectivity index (χ2n) is 6.88. The Hall–Kier alpha value is -1.93. The molecule has 2 atom stereocenters. The van der Waals surface area contributed by atoms with Crippen LogP contribution >= 0.6 is 0 Å². The van der Waals surface area contributed by atoms with Crippen molar-refractivity contribution >= 4 is 27.3 Å². The summed E-state index contributed by atoms with van der Waals surface area (Å²) in [5.41, 5.74) is 1.76. The summed E-state index contributed by atoms with van der Waals surface area (Å²) in [6, 6.07) is 7.24. The molecular formula is C18H28N3O4S+. The number of hydrogen-bond acceptors (Lipinski definition) is 4. The smallest absolute Gasteiger partial charge is 0.279 e. The Morgan fingerprint density at radius 2 is 1.88 bits per heavy atom. The number of hydrogen-bond donors (Lipinski definition) is 3. The first kappa shape index (κ1) is 20.4. The van der Waals surface area contributed by atoms with E-state index in [1.54, 1.807) is 0 Å². The minimum Gasteiger partial charge on any atom is -0.347 e. The number of sulfone groups is 1. The number of amides is 2. The Morgan fingerprint density at radius 1 is 1.19 bits per heavy atom. The molecule has 7 nitrogen and oxygen atoms in total. The highest BCUT2D eigenvalue weighted by Gasteiger charge is 2.29. The molecule has 1 aliphatic rings. The number of carbonyl (C=O) groups excluding carboxylic acids is 2. The highest BCUT2D eigenvalue weighted by atomic mass is 32.2. The van der Waals surface area contributed by atoms with Crippen LogP contribution in [0.2, 0.25) is 0 Å². The third-order valence-electron chi connectivity index (χ3n) is 4.44. The lowest BCUT2D eigenvalue weighted by Gasteiger charge is -2.19. The molecule has 1 heterocycles. The average molecular weight is 383 g/mol. The fraction of sp³-hybridized carbons (Fsp3) is 0.556. The maximum absolute atomic E-state index is 12.3. The maximum atomic E-state index is 12.3. The van der Waals surface area contributed by atoms with Crippen molar-refractivity contribution in [3.05, 3.63) is 29.8 Å². The molecule has 2 rings (SSSR count). The second-order valence-corrected chi connectivity index (χ2v) is 9.11. The molecule has 1 aromatic rings. The molecule has 1 unspecified atom stereocenters. The van der Waals surface area contributed by atoms with Gasteiger partial charge in [0.25, 0.3) is 11.8 Å². The van der Waals surface area contributed by atoms with Gasteiger partial charge in [-0.2, -0.15) is 0 Å². The topological polar surface area (TPSA) is 96.8 Å². The number of para-hydroxylation sites is 1. The Balaban J connectivity index is 1.86. The largest absolute Gasteiger partial charge is 0.347 e. The predicted molar refractivity (Wildman–Crippen MR) is 101 cm³/mol. The molecule has 8 heteroatoms. The van der Waals surface area contributed by atoms with Gasteiger partial charge in [-0.05, 0) is 31.4 Å². The van der Waals surface area contributed by atoms with Gasteiger partial charge < -0.3 is 15.5 Å². The van der Waals surface area contributed by atoms with Gasteiger partial charge in [0.2, 0.25) is 0 Å². The van der Waals surface area contributed by atoms with Crippen molar-refractivity contribution < 1.29 is 22.9 Å². The summed E-state index contributed by atoms with van der Waals surface area (Å²) >= 11 is 0. The van der Waals surface area contributed by atoms with Crippen molar-refractivity contribution in [2.24, 2.45) is 0 Å². The summed E-state index contributed by atoms with van der Waals surface area (Å²) in [5.74, 6) is -0.212. The van der Waals surface area contributed by atoms with Gasteiger partial charge in [-0.25, -0.2) is 8.42 Å². The van der Waals surface area contributed by atoms with Crippen LogP contribution in [-0.4, -0.2) is 57.4 Å². The zero-order chi connectivity index (χ0) is 19.2. The van der Waals surface area contributed by atoms with E-state index < -0.39 is 9.84 Å². The van der Waals surface area contributed by atoms with E-state index in [1.165, 1.54) is 0 Å². The van der Waals surface area contributed by atoms with Gasteiger partial charge in [-0.15, -0.1) is 0 Å². The summed E-state index contributed by atoms with van der Waals surface area (Å²) < 4.78 is 23.0. The number of anilines is 1. The van der Waals surface area contributed by atoms with Crippen LogP contribution in [0.5, 0.6) is 0 Å². The molecule has 1 fully saturated rings. The van der Waals surface area contributed by atoms with Crippen molar-refractivity contribution in [2.45, 2.75) is 32.7 Å². The van der Waals surface area contributed by atoms with Gasteiger partial charge in [0.1, 0.15) is 0 Å². The van der Waals surface area contributed by atoms with E-state index in [2.05, 4.69) is 10.6 Å². The van der Waals surface area contributed by atoms with E-state index in [1.807, 2.05) is 38.1 Å². The van der Waals surface area contributed by atoms with Crippen LogP contribution < -0.4 is 15.5 Å². The van der Waals surface area contributed by atoms with Crippen molar-refractivity contribution in [2.75, 3.05) is 36.5 Å². The Labute approximate surface area is 155 Å². The summed E-state index contributed by atoms with van der Waals surface area (Å²) in [6.45, 7) is 4.97. The van der Waals surface area contributed by atoms with Crippen LogP contribution in [0.25, 0.3) is 0 Å². The Kier molecular flexibility index (Phi) is 7.16. The molecule has 1 aliphatic heterocycles. The minimum absolute atomic E-state index is 0.00954. The summed E-state index contributed by atoms with van der Waals surface area (Å²) in [4.78, 5) is 25.4. The van der Waals surface area contributed by atoms with Gasteiger partial charge >= 0.3 is 0 Å². The van der Waals surface area contributed by atoms with E-state index in [-0.39, 0.29) is 42.5 Å². The third-order valence-corrected chi connectivity index (χ3v) is 6.21. The zero-order valence-electron chi connectivity index (χ0n) is 15.4. The van der Waals surface area contributed by atoms with Crippen LogP contribution in [0.3, 0.4) is 0 Å². The molecule has 0 saturated carbocycles. The highest BCUT2D eigenvalue weighted by molar-refractivity contribution is 7.91. The van der Waals surface area contributed by atoms with Gasteiger partial charge in [-0.3, -0.25) is 9.59 Å². The van der Waals surface area contributed by atoms with Crippen molar-refractivity contribution in [1.29, 1.82) is 0 Å². The quantitative estimate of drug-likeness (QED) is 0.566. The normalized spacial score (nSPS) is 19.7. The van der Waals surface area contributed by atoms with E-state index in [4.69, 9.17) is 0 Å². The molecule has 2 amide bonds. The fourth-order valence-corrected chi connectivity index (χ4v) is 4.82.